The maximum Gasteiger partial charge on any atom is 0.326 e. The molecule has 0 bridgehead atoms. The quantitative estimate of drug-likeness (QED) is 0.491. The minimum atomic E-state index is -0.997. The summed E-state index contributed by atoms with van der Waals surface area (Å²) in [6.07, 6.45) is 10.5. The summed E-state index contributed by atoms with van der Waals surface area (Å²) in [7, 11) is 0. The number of aliphatic carboxylic acids is 1. The minimum absolute atomic E-state index is 0.175. The molecule has 0 saturated carbocycles. The topological polar surface area (TPSA) is 82.2 Å². The number of carboxylic acid groups (broad SMARTS) is 1. The van der Waals surface area contributed by atoms with Crippen LogP contribution in [0.3, 0.4) is 0 Å². The number of carbonyl (C=O) groups is 2. The van der Waals surface area contributed by atoms with Gasteiger partial charge < -0.3 is 15.4 Å². The number of H-pyrrole nitrogens is 1. The van der Waals surface area contributed by atoms with Gasteiger partial charge in [-0.2, -0.15) is 0 Å². The maximum atomic E-state index is 12.1. The molecule has 1 amide bonds. The van der Waals surface area contributed by atoms with E-state index in [1.165, 1.54) is 25.7 Å². The van der Waals surface area contributed by atoms with Crippen LogP contribution in [0, 0.1) is 0 Å². The normalized spacial score (nSPS) is 12.2. The van der Waals surface area contributed by atoms with Crippen LogP contribution in [0.25, 0.3) is 10.9 Å². The van der Waals surface area contributed by atoms with Crippen molar-refractivity contribution in [1.82, 2.24) is 10.3 Å². The zero-order chi connectivity index (χ0) is 18.8. The second-order valence-electron chi connectivity index (χ2n) is 6.89. The Hall–Kier alpha value is -2.30. The van der Waals surface area contributed by atoms with Crippen molar-refractivity contribution >= 4 is 22.8 Å². The van der Waals surface area contributed by atoms with E-state index < -0.39 is 12.0 Å². The van der Waals surface area contributed by atoms with Crippen molar-refractivity contribution in [3.05, 3.63) is 36.0 Å². The molecule has 5 heteroatoms. The smallest absolute Gasteiger partial charge is 0.326 e. The number of nitrogens with one attached hydrogen (secondary N) is 2. The largest absolute Gasteiger partial charge is 0.480 e. The molecule has 1 atom stereocenters. The van der Waals surface area contributed by atoms with E-state index in [1.54, 1.807) is 0 Å². The fourth-order valence-electron chi connectivity index (χ4n) is 3.23. The number of aromatic amines is 1. The molecule has 2 rings (SSSR count). The van der Waals surface area contributed by atoms with Crippen LogP contribution in [0.1, 0.15) is 63.9 Å². The second kappa shape index (κ2) is 10.6. The molecule has 1 aromatic heterocycles. The number of benzene rings is 1. The van der Waals surface area contributed by atoms with E-state index in [-0.39, 0.29) is 12.3 Å². The molecule has 0 spiro atoms. The van der Waals surface area contributed by atoms with Gasteiger partial charge in [0, 0.05) is 29.9 Å². The fraction of sp³-hybridized carbons (Fsp3) is 0.524. The van der Waals surface area contributed by atoms with Crippen molar-refractivity contribution in [2.24, 2.45) is 0 Å². The van der Waals surface area contributed by atoms with Gasteiger partial charge in [-0.25, -0.2) is 4.79 Å². The number of amides is 1. The van der Waals surface area contributed by atoms with E-state index in [1.807, 2.05) is 30.5 Å². The van der Waals surface area contributed by atoms with Gasteiger partial charge >= 0.3 is 5.97 Å². The predicted octanol–water partition coefficient (Wildman–Crippen LogP) is 4.42. The van der Waals surface area contributed by atoms with Crippen LogP contribution in [0.2, 0.25) is 0 Å². The molecule has 5 nitrogen and oxygen atoms in total. The zero-order valence-corrected chi connectivity index (χ0v) is 15.6. The Morgan fingerprint density at radius 2 is 1.77 bits per heavy atom. The van der Waals surface area contributed by atoms with Gasteiger partial charge in [-0.1, -0.05) is 63.6 Å². The molecule has 0 aliphatic rings. The van der Waals surface area contributed by atoms with E-state index >= 15 is 0 Å². The average molecular weight is 358 g/mol. The van der Waals surface area contributed by atoms with Crippen LogP contribution in [0.15, 0.2) is 30.5 Å². The molecular weight excluding hydrogens is 328 g/mol. The summed E-state index contributed by atoms with van der Waals surface area (Å²) in [5, 5.41) is 13.1. The monoisotopic (exact) mass is 358 g/mol. The van der Waals surface area contributed by atoms with Gasteiger partial charge in [0.1, 0.15) is 6.04 Å². The third-order valence-corrected chi connectivity index (χ3v) is 4.74. The minimum Gasteiger partial charge on any atom is -0.480 e. The highest BCUT2D eigenvalue weighted by Gasteiger charge is 2.21. The highest BCUT2D eigenvalue weighted by atomic mass is 16.4. The van der Waals surface area contributed by atoms with E-state index in [9.17, 15) is 14.7 Å². The number of unbranched alkanes of at least 4 members (excludes halogenated alkanes) is 6. The Balaban J connectivity index is 1.79. The molecule has 0 radical (unpaired) electrons. The van der Waals surface area contributed by atoms with E-state index in [2.05, 4.69) is 17.2 Å². The van der Waals surface area contributed by atoms with Gasteiger partial charge in [0.15, 0.2) is 0 Å². The highest BCUT2D eigenvalue weighted by Crippen LogP contribution is 2.19. The van der Waals surface area contributed by atoms with Crippen molar-refractivity contribution < 1.29 is 14.7 Å². The molecule has 0 saturated heterocycles. The lowest BCUT2D eigenvalue weighted by molar-refractivity contribution is -0.141. The SMILES string of the molecule is CCCCCCCCCC(=O)NC(Cc1c[nH]c2ccccc12)C(=O)O. The van der Waals surface area contributed by atoms with Crippen molar-refractivity contribution in [3.63, 3.8) is 0 Å². The molecular formula is C21H30N2O3. The molecule has 1 aromatic carbocycles. The number of hydrogen-bond acceptors (Lipinski definition) is 2. The number of fused-ring (bicyclic) bond motifs is 1. The summed E-state index contributed by atoms with van der Waals surface area (Å²) in [4.78, 5) is 26.8. The molecule has 2 aromatic rings. The van der Waals surface area contributed by atoms with Crippen molar-refractivity contribution in [2.75, 3.05) is 0 Å². The number of carboxylic acids is 1. The summed E-state index contributed by atoms with van der Waals surface area (Å²) in [6, 6.07) is 6.87. The summed E-state index contributed by atoms with van der Waals surface area (Å²) >= 11 is 0. The van der Waals surface area contributed by atoms with Crippen molar-refractivity contribution in [3.8, 4) is 0 Å². The first-order valence-electron chi connectivity index (χ1n) is 9.69. The van der Waals surface area contributed by atoms with Gasteiger partial charge in [-0.05, 0) is 18.1 Å². The van der Waals surface area contributed by atoms with Crippen LogP contribution in [0.5, 0.6) is 0 Å². The Morgan fingerprint density at radius 1 is 1.08 bits per heavy atom. The summed E-state index contributed by atoms with van der Waals surface area (Å²) < 4.78 is 0. The van der Waals surface area contributed by atoms with Crippen LogP contribution < -0.4 is 5.32 Å². The van der Waals surface area contributed by atoms with Gasteiger partial charge in [0.05, 0.1) is 0 Å². The molecule has 1 unspecified atom stereocenters. The molecule has 3 N–H and O–H groups in total. The van der Waals surface area contributed by atoms with Crippen molar-refractivity contribution in [1.29, 1.82) is 0 Å². The van der Waals surface area contributed by atoms with Crippen LogP contribution in [0.4, 0.5) is 0 Å². The van der Waals surface area contributed by atoms with Gasteiger partial charge in [0.25, 0.3) is 0 Å². The number of para-hydroxylation sites is 1. The zero-order valence-electron chi connectivity index (χ0n) is 15.6. The highest BCUT2D eigenvalue weighted by molar-refractivity contribution is 5.86. The number of carbonyl (C=O) groups excluding carboxylic acids is 1. The summed E-state index contributed by atoms with van der Waals surface area (Å²) in [5.41, 5.74) is 1.88. The average Bonchev–Trinajstić information content (AvgIpc) is 3.03. The summed E-state index contributed by atoms with van der Waals surface area (Å²) in [5.74, 6) is -1.17. The Morgan fingerprint density at radius 3 is 2.50 bits per heavy atom. The molecule has 26 heavy (non-hydrogen) atoms. The Bertz CT molecular complexity index is 708. The predicted molar refractivity (Wildman–Crippen MR) is 104 cm³/mol. The molecule has 142 valence electrons. The standard InChI is InChI=1S/C21H30N2O3/c1-2-3-4-5-6-7-8-13-20(24)23-19(21(25)26)14-16-15-22-18-12-10-9-11-17(16)18/h9-12,15,19,22H,2-8,13-14H2,1H3,(H,23,24)(H,25,26). The molecule has 1 heterocycles. The van der Waals surface area contributed by atoms with Gasteiger partial charge in [-0.15, -0.1) is 0 Å². The van der Waals surface area contributed by atoms with Gasteiger partial charge in [-0.3, -0.25) is 4.79 Å². The van der Waals surface area contributed by atoms with E-state index in [0.717, 1.165) is 35.7 Å². The van der Waals surface area contributed by atoms with Crippen LogP contribution in [-0.2, 0) is 16.0 Å². The third kappa shape index (κ3) is 6.21. The van der Waals surface area contributed by atoms with Crippen molar-refractivity contribution in [2.45, 2.75) is 70.8 Å². The lowest BCUT2D eigenvalue weighted by atomic mass is 10.0. The lowest BCUT2D eigenvalue weighted by Crippen LogP contribution is -2.42. The van der Waals surface area contributed by atoms with Crippen LogP contribution in [-0.4, -0.2) is 28.0 Å². The number of aromatic nitrogens is 1. The molecule has 0 aliphatic heterocycles. The number of rotatable bonds is 12. The lowest BCUT2D eigenvalue weighted by Gasteiger charge is -2.14. The molecule has 0 aliphatic carbocycles. The number of hydrogen-bond donors (Lipinski definition) is 3. The second-order valence-corrected chi connectivity index (χ2v) is 6.89. The molecule has 0 fully saturated rings. The summed E-state index contributed by atoms with van der Waals surface area (Å²) in [6.45, 7) is 2.19. The van der Waals surface area contributed by atoms with Gasteiger partial charge in [0.2, 0.25) is 5.91 Å². The first kappa shape index (κ1) is 20.0. The maximum absolute atomic E-state index is 12.1. The fourth-order valence-corrected chi connectivity index (χ4v) is 3.23. The first-order chi connectivity index (χ1) is 12.6. The first-order valence-corrected chi connectivity index (χ1v) is 9.69. The Labute approximate surface area is 155 Å². The third-order valence-electron chi connectivity index (χ3n) is 4.74. The Kier molecular flexibility index (Phi) is 8.19. The van der Waals surface area contributed by atoms with E-state index in [4.69, 9.17) is 0 Å². The van der Waals surface area contributed by atoms with Crippen LogP contribution >= 0.6 is 0 Å². The van der Waals surface area contributed by atoms with E-state index in [0.29, 0.717) is 6.42 Å².